The van der Waals surface area contributed by atoms with Crippen LogP contribution in [0.15, 0.2) is 23.6 Å². The molecule has 0 spiro atoms. The van der Waals surface area contributed by atoms with Gasteiger partial charge >= 0.3 is 0 Å². The third-order valence-corrected chi connectivity index (χ3v) is 8.04. The van der Waals surface area contributed by atoms with Crippen LogP contribution in [0, 0.1) is 5.92 Å². The van der Waals surface area contributed by atoms with E-state index in [0.717, 1.165) is 5.92 Å². The van der Waals surface area contributed by atoms with Crippen LogP contribution >= 0.6 is 11.8 Å². The first-order valence-electron chi connectivity index (χ1n) is 10.1. The van der Waals surface area contributed by atoms with Gasteiger partial charge in [0.2, 0.25) is 0 Å². The third-order valence-electron chi connectivity index (χ3n) is 6.87. The summed E-state index contributed by atoms with van der Waals surface area (Å²) in [5, 5.41) is 6.83. The average molecular weight is 356 g/mol. The molecule has 1 fully saturated rings. The molecule has 0 saturated heterocycles. The highest BCUT2D eigenvalue weighted by atomic mass is 32.2. The zero-order chi connectivity index (χ0) is 17.7. The predicted molar refractivity (Wildman–Crippen MR) is 111 cm³/mol. The van der Waals surface area contributed by atoms with Crippen LogP contribution in [0.4, 0.5) is 0 Å². The molecule has 2 heteroatoms. The van der Waals surface area contributed by atoms with E-state index in [1.165, 1.54) is 56.2 Å². The molecule has 4 rings (SSSR count). The summed E-state index contributed by atoms with van der Waals surface area (Å²) in [4.78, 5) is 0. The predicted octanol–water partition coefficient (Wildman–Crippen LogP) is 6.58. The zero-order valence-corrected chi connectivity index (χ0v) is 17.1. The van der Waals surface area contributed by atoms with Crippen molar-refractivity contribution in [1.29, 1.82) is 0 Å². The van der Waals surface area contributed by atoms with E-state index in [-0.39, 0.29) is 5.41 Å². The third kappa shape index (κ3) is 3.27. The number of fused-ring (bicyclic) bond motifs is 1. The molecule has 0 amide bonds. The molecule has 0 bridgehead atoms. The molecule has 1 saturated carbocycles. The van der Waals surface area contributed by atoms with Crippen molar-refractivity contribution in [3.8, 4) is 0 Å². The molecule has 1 atom stereocenters. The smallest absolute Gasteiger partial charge is 0.0792 e. The Kier molecular flexibility index (Phi) is 4.46. The van der Waals surface area contributed by atoms with Gasteiger partial charge in [0, 0.05) is 5.70 Å². The monoisotopic (exact) mass is 355 g/mol. The van der Waals surface area contributed by atoms with Gasteiger partial charge in [0.05, 0.1) is 5.37 Å². The second kappa shape index (κ2) is 6.37. The second-order valence-corrected chi connectivity index (χ2v) is 10.7. The van der Waals surface area contributed by atoms with Crippen LogP contribution in [0.2, 0.25) is 0 Å². The fourth-order valence-corrected chi connectivity index (χ4v) is 6.11. The molecule has 2 aliphatic carbocycles. The maximum atomic E-state index is 3.86. The largest absolute Gasteiger partial charge is 0.372 e. The van der Waals surface area contributed by atoms with Crippen LogP contribution in [0.1, 0.15) is 89.3 Å². The van der Waals surface area contributed by atoms with Crippen molar-refractivity contribution in [3.63, 3.8) is 0 Å². The number of thioether (sulfide) groups is 1. The average Bonchev–Trinajstić information content (AvgIpc) is 3.10. The van der Waals surface area contributed by atoms with Gasteiger partial charge in [-0.15, -0.1) is 11.8 Å². The molecule has 1 aromatic rings. The van der Waals surface area contributed by atoms with Crippen LogP contribution in [0.3, 0.4) is 0 Å². The first-order chi connectivity index (χ1) is 11.9. The maximum absolute atomic E-state index is 3.86. The van der Waals surface area contributed by atoms with Crippen molar-refractivity contribution in [3.05, 3.63) is 40.3 Å². The Balaban J connectivity index is 1.58. The lowest BCUT2D eigenvalue weighted by molar-refractivity contribution is 0.331. The Hall–Kier alpha value is -0.890. The van der Waals surface area contributed by atoms with Gasteiger partial charge in [-0.3, -0.25) is 0 Å². The Morgan fingerprint density at radius 1 is 0.920 bits per heavy atom. The molecule has 25 heavy (non-hydrogen) atoms. The number of hydrogen-bond acceptors (Lipinski definition) is 2. The van der Waals surface area contributed by atoms with Crippen molar-refractivity contribution < 1.29 is 0 Å². The van der Waals surface area contributed by atoms with Gasteiger partial charge in [-0.25, -0.2) is 0 Å². The van der Waals surface area contributed by atoms with E-state index in [1.54, 1.807) is 11.1 Å². The number of rotatable bonds is 2. The molecule has 1 N–H and O–H groups in total. The molecule has 1 nitrogen and oxygen atoms in total. The van der Waals surface area contributed by atoms with Gasteiger partial charge in [-0.2, -0.15) is 0 Å². The highest BCUT2D eigenvalue weighted by Crippen LogP contribution is 2.47. The van der Waals surface area contributed by atoms with E-state index in [2.05, 4.69) is 56.6 Å². The van der Waals surface area contributed by atoms with Gasteiger partial charge in [-0.05, 0) is 70.6 Å². The molecule has 3 aliphatic rings. The minimum atomic E-state index is 0.288. The van der Waals surface area contributed by atoms with Gasteiger partial charge in [0.25, 0.3) is 0 Å². The standard InChI is InChI=1S/C23H33NS/c1-22(2)12-13-23(3,4)19-14-17(10-11-18(19)22)20-15-25-21(24-20)16-8-6-5-7-9-16/h10-11,14-16,21,24H,5-9,12-13H2,1-4H3. The van der Waals surface area contributed by atoms with E-state index in [4.69, 9.17) is 0 Å². The van der Waals surface area contributed by atoms with Crippen LogP contribution < -0.4 is 5.32 Å². The van der Waals surface area contributed by atoms with Gasteiger partial charge in [0.15, 0.2) is 0 Å². The quantitative estimate of drug-likeness (QED) is 0.643. The fourth-order valence-electron chi connectivity index (χ4n) is 4.94. The molecule has 1 heterocycles. The van der Waals surface area contributed by atoms with Gasteiger partial charge < -0.3 is 5.32 Å². The minimum absolute atomic E-state index is 0.288. The maximum Gasteiger partial charge on any atom is 0.0792 e. The summed E-state index contributed by atoms with van der Waals surface area (Å²) in [6.45, 7) is 9.65. The van der Waals surface area contributed by atoms with Crippen LogP contribution in [-0.2, 0) is 10.8 Å². The van der Waals surface area contributed by atoms with E-state index >= 15 is 0 Å². The molecular weight excluding hydrogens is 322 g/mol. The van der Waals surface area contributed by atoms with E-state index in [9.17, 15) is 0 Å². The van der Waals surface area contributed by atoms with Crippen molar-refractivity contribution >= 4 is 17.5 Å². The second-order valence-electron chi connectivity index (χ2n) is 9.66. The summed E-state index contributed by atoms with van der Waals surface area (Å²) in [6, 6.07) is 7.25. The van der Waals surface area contributed by atoms with Crippen LogP contribution in [0.5, 0.6) is 0 Å². The minimum Gasteiger partial charge on any atom is -0.372 e. The summed E-state index contributed by atoms with van der Waals surface area (Å²) in [5.74, 6) is 0.848. The topological polar surface area (TPSA) is 12.0 Å². The summed E-state index contributed by atoms with van der Waals surface area (Å²) < 4.78 is 0. The molecular formula is C23H33NS. The number of benzene rings is 1. The SMILES string of the molecule is CC1(C)CCC(C)(C)c2cc(C3=CSC(C4CCCCC4)N3)ccc21. The van der Waals surface area contributed by atoms with Crippen molar-refractivity contribution in [1.82, 2.24) is 5.32 Å². The van der Waals surface area contributed by atoms with Gasteiger partial charge in [0.1, 0.15) is 0 Å². The lowest BCUT2D eigenvalue weighted by Gasteiger charge is -2.42. The van der Waals surface area contributed by atoms with E-state index < -0.39 is 0 Å². The molecule has 1 aliphatic heterocycles. The first-order valence-corrected chi connectivity index (χ1v) is 11.1. The van der Waals surface area contributed by atoms with Crippen LogP contribution in [-0.4, -0.2) is 5.37 Å². The summed E-state index contributed by atoms with van der Waals surface area (Å²) in [6.07, 6.45) is 9.63. The van der Waals surface area contributed by atoms with Gasteiger partial charge in [-0.1, -0.05) is 59.1 Å². The molecule has 1 aromatic carbocycles. The van der Waals surface area contributed by atoms with E-state index in [1.807, 2.05) is 11.8 Å². The molecule has 0 radical (unpaired) electrons. The Bertz CT molecular complexity index is 679. The van der Waals surface area contributed by atoms with Crippen molar-refractivity contribution in [2.45, 2.75) is 88.8 Å². The number of nitrogens with one attached hydrogen (secondary N) is 1. The Labute approximate surface area is 158 Å². The zero-order valence-electron chi connectivity index (χ0n) is 16.3. The molecule has 0 aromatic heterocycles. The molecule has 1 unspecified atom stereocenters. The lowest BCUT2D eigenvalue weighted by atomic mass is 9.63. The lowest BCUT2D eigenvalue weighted by Crippen LogP contribution is -2.34. The van der Waals surface area contributed by atoms with E-state index in [0.29, 0.717) is 10.8 Å². The van der Waals surface area contributed by atoms with Crippen molar-refractivity contribution in [2.24, 2.45) is 5.92 Å². The summed E-state index contributed by atoms with van der Waals surface area (Å²) >= 11 is 2.02. The first kappa shape index (κ1) is 17.5. The Morgan fingerprint density at radius 2 is 1.60 bits per heavy atom. The summed E-state index contributed by atoms with van der Waals surface area (Å²) in [7, 11) is 0. The number of hydrogen-bond donors (Lipinski definition) is 1. The Morgan fingerprint density at radius 3 is 2.32 bits per heavy atom. The molecule has 136 valence electrons. The highest BCUT2D eigenvalue weighted by molar-refractivity contribution is 8.03. The van der Waals surface area contributed by atoms with Crippen LogP contribution in [0.25, 0.3) is 5.70 Å². The highest BCUT2D eigenvalue weighted by Gasteiger charge is 2.37. The van der Waals surface area contributed by atoms with Crippen molar-refractivity contribution in [2.75, 3.05) is 0 Å². The summed E-state index contributed by atoms with van der Waals surface area (Å²) in [5.41, 5.74) is 6.45. The normalized spacial score (nSPS) is 28.2. The fraction of sp³-hybridized carbons (Fsp3) is 0.652.